The van der Waals surface area contributed by atoms with Crippen LogP contribution in [0.5, 0.6) is 0 Å². The molecule has 0 aliphatic carbocycles. The number of carbonyl (C=O) groups excluding carboxylic acids is 2. The maximum absolute atomic E-state index is 12.2. The number of amides is 1. The number of aromatic nitrogens is 2. The molecule has 3 aromatic rings. The lowest BCUT2D eigenvalue weighted by Gasteiger charge is -2.10. The molecule has 0 spiro atoms. The molecule has 0 aliphatic heterocycles. The molecule has 0 unspecified atom stereocenters. The van der Waals surface area contributed by atoms with E-state index in [1.807, 2.05) is 0 Å². The van der Waals surface area contributed by atoms with Crippen molar-refractivity contribution in [3.8, 4) is 0 Å². The number of carbonyl (C=O) groups is 2. The Balaban J connectivity index is 1.67. The van der Waals surface area contributed by atoms with Crippen molar-refractivity contribution in [3.05, 3.63) is 57.3 Å². The van der Waals surface area contributed by atoms with Crippen LogP contribution in [0.4, 0.5) is 5.69 Å². The van der Waals surface area contributed by atoms with Crippen molar-refractivity contribution in [2.24, 2.45) is 0 Å². The first-order valence-electron chi connectivity index (χ1n) is 6.99. The quantitative estimate of drug-likeness (QED) is 0.641. The van der Waals surface area contributed by atoms with Gasteiger partial charge in [0.05, 0.1) is 21.3 Å². The molecule has 2 N–H and O–H groups in total. The van der Waals surface area contributed by atoms with Crippen molar-refractivity contribution in [2.75, 3.05) is 11.9 Å². The summed E-state index contributed by atoms with van der Waals surface area (Å²) in [6.45, 7) is -0.498. The van der Waals surface area contributed by atoms with Gasteiger partial charge in [-0.15, -0.1) is 0 Å². The van der Waals surface area contributed by atoms with Crippen LogP contribution in [0, 0.1) is 0 Å². The molecule has 2 heterocycles. The predicted octanol–water partition coefficient (Wildman–Crippen LogP) is 4.32. The molecule has 1 amide bonds. The number of pyridine rings is 1. The van der Waals surface area contributed by atoms with Crippen molar-refractivity contribution >= 4 is 63.4 Å². The molecule has 0 saturated carbocycles. The van der Waals surface area contributed by atoms with Gasteiger partial charge in [-0.2, -0.15) is 0 Å². The Morgan fingerprint density at radius 3 is 2.60 bits per heavy atom. The summed E-state index contributed by atoms with van der Waals surface area (Å²) < 4.78 is 5.04. The second kappa shape index (κ2) is 7.31. The first kappa shape index (κ1) is 17.5. The Morgan fingerprint density at radius 1 is 1.16 bits per heavy atom. The fourth-order valence-corrected chi connectivity index (χ4v) is 3.10. The Bertz CT molecular complexity index is 948. The van der Waals surface area contributed by atoms with Crippen molar-refractivity contribution in [2.45, 2.75) is 0 Å². The number of nitrogens with zero attached hydrogens (tertiary/aromatic N) is 1. The van der Waals surface area contributed by atoms with E-state index >= 15 is 0 Å². The summed E-state index contributed by atoms with van der Waals surface area (Å²) in [5, 5.41) is 3.80. The molecule has 6 nitrogen and oxygen atoms in total. The minimum absolute atomic E-state index is 0.181. The van der Waals surface area contributed by atoms with Crippen LogP contribution in [0.2, 0.25) is 15.1 Å². The lowest BCUT2D eigenvalue weighted by Crippen LogP contribution is -2.21. The number of esters is 1. The Hall–Kier alpha value is -2.28. The molecule has 0 atom stereocenters. The molecule has 0 radical (unpaired) electrons. The highest BCUT2D eigenvalue weighted by Gasteiger charge is 2.16. The van der Waals surface area contributed by atoms with Gasteiger partial charge in [-0.05, 0) is 24.3 Å². The number of fused-ring (bicyclic) bond motifs is 1. The fraction of sp³-hybridized carbons (Fsp3) is 0.0625. The molecule has 3 rings (SSSR count). The average Bonchev–Trinajstić information content (AvgIpc) is 3.04. The second-order valence-corrected chi connectivity index (χ2v) is 6.22. The van der Waals surface area contributed by atoms with Crippen molar-refractivity contribution in [1.82, 2.24) is 9.97 Å². The Morgan fingerprint density at radius 2 is 1.88 bits per heavy atom. The number of hydrogen-bond donors (Lipinski definition) is 2. The van der Waals surface area contributed by atoms with Gasteiger partial charge in [0.2, 0.25) is 0 Å². The van der Waals surface area contributed by atoms with Gasteiger partial charge in [-0.3, -0.25) is 4.79 Å². The minimum atomic E-state index is -0.643. The van der Waals surface area contributed by atoms with Crippen LogP contribution in [-0.4, -0.2) is 28.5 Å². The molecule has 1 aromatic carbocycles. The molecule has 2 aromatic heterocycles. The average molecular weight is 399 g/mol. The van der Waals surface area contributed by atoms with E-state index in [4.69, 9.17) is 39.5 Å². The van der Waals surface area contributed by atoms with Crippen LogP contribution in [0.25, 0.3) is 11.0 Å². The Labute approximate surface area is 157 Å². The van der Waals surface area contributed by atoms with E-state index in [1.54, 1.807) is 12.3 Å². The summed E-state index contributed by atoms with van der Waals surface area (Å²) in [5.41, 5.74) is 1.06. The van der Waals surface area contributed by atoms with E-state index in [0.717, 1.165) is 0 Å². The van der Waals surface area contributed by atoms with Gasteiger partial charge < -0.3 is 15.0 Å². The molecule has 0 aliphatic rings. The van der Waals surface area contributed by atoms with E-state index in [9.17, 15) is 9.59 Å². The number of halogens is 3. The normalized spacial score (nSPS) is 10.7. The third-order valence-electron chi connectivity index (χ3n) is 3.29. The van der Waals surface area contributed by atoms with Crippen molar-refractivity contribution in [3.63, 3.8) is 0 Å². The van der Waals surface area contributed by atoms with Gasteiger partial charge in [0.25, 0.3) is 5.91 Å². The number of rotatable bonds is 4. The summed E-state index contributed by atoms with van der Waals surface area (Å²) in [6.07, 6.45) is 3.13. The van der Waals surface area contributed by atoms with E-state index in [-0.39, 0.29) is 15.7 Å². The summed E-state index contributed by atoms with van der Waals surface area (Å²) in [4.78, 5) is 31.1. The van der Waals surface area contributed by atoms with Crippen molar-refractivity contribution in [1.29, 1.82) is 0 Å². The zero-order valence-electron chi connectivity index (χ0n) is 12.5. The summed E-state index contributed by atoms with van der Waals surface area (Å²) in [6, 6.07) is 6.10. The highest BCUT2D eigenvalue weighted by molar-refractivity contribution is 6.42. The molecular formula is C16H10Cl3N3O3. The highest BCUT2D eigenvalue weighted by Crippen LogP contribution is 2.33. The zero-order valence-corrected chi connectivity index (χ0v) is 14.7. The lowest BCUT2D eigenvalue weighted by molar-refractivity contribution is -0.119. The SMILES string of the molecule is O=C(COC(=O)c1ccnc2[nH]ccc12)Nc1c(Cl)cc(Cl)cc1Cl. The van der Waals surface area contributed by atoms with E-state index in [0.29, 0.717) is 21.6 Å². The maximum atomic E-state index is 12.2. The minimum Gasteiger partial charge on any atom is -0.452 e. The fourth-order valence-electron chi connectivity index (χ4n) is 2.18. The number of H-pyrrole nitrogens is 1. The standard InChI is InChI=1S/C16H10Cl3N3O3/c17-8-5-11(18)14(12(19)6-8)22-13(23)7-25-16(24)10-2-4-21-15-9(10)1-3-20-15/h1-6H,7H2,(H,20,21)(H,22,23). The summed E-state index contributed by atoms with van der Waals surface area (Å²) in [5.74, 6) is -1.23. The molecule has 9 heteroatoms. The number of anilines is 1. The molecule has 25 heavy (non-hydrogen) atoms. The number of benzene rings is 1. The number of nitrogens with one attached hydrogen (secondary N) is 2. The smallest absolute Gasteiger partial charge is 0.339 e. The largest absolute Gasteiger partial charge is 0.452 e. The number of hydrogen-bond acceptors (Lipinski definition) is 4. The van der Waals surface area contributed by atoms with Gasteiger partial charge in [0.15, 0.2) is 6.61 Å². The molecule has 0 bridgehead atoms. The predicted molar refractivity (Wildman–Crippen MR) is 96.5 cm³/mol. The third kappa shape index (κ3) is 3.87. The number of aromatic amines is 1. The van der Waals surface area contributed by atoms with Gasteiger partial charge in [-0.1, -0.05) is 34.8 Å². The van der Waals surface area contributed by atoms with Crippen LogP contribution in [0.15, 0.2) is 36.7 Å². The van der Waals surface area contributed by atoms with Crippen LogP contribution in [-0.2, 0) is 9.53 Å². The van der Waals surface area contributed by atoms with Crippen LogP contribution in [0.1, 0.15) is 10.4 Å². The molecule has 128 valence electrons. The van der Waals surface area contributed by atoms with E-state index in [2.05, 4.69) is 15.3 Å². The van der Waals surface area contributed by atoms with Crippen LogP contribution >= 0.6 is 34.8 Å². The van der Waals surface area contributed by atoms with Crippen LogP contribution in [0.3, 0.4) is 0 Å². The first-order valence-corrected chi connectivity index (χ1v) is 8.12. The van der Waals surface area contributed by atoms with Gasteiger partial charge in [0.1, 0.15) is 5.65 Å². The van der Waals surface area contributed by atoms with E-state index in [1.165, 1.54) is 24.4 Å². The van der Waals surface area contributed by atoms with Gasteiger partial charge >= 0.3 is 5.97 Å². The molecular weight excluding hydrogens is 389 g/mol. The zero-order chi connectivity index (χ0) is 18.0. The lowest BCUT2D eigenvalue weighted by atomic mass is 10.2. The highest BCUT2D eigenvalue weighted by atomic mass is 35.5. The van der Waals surface area contributed by atoms with Gasteiger partial charge in [-0.25, -0.2) is 9.78 Å². The maximum Gasteiger partial charge on any atom is 0.339 e. The summed E-state index contributed by atoms with van der Waals surface area (Å²) >= 11 is 17.8. The molecule has 0 fully saturated rings. The molecule has 0 saturated heterocycles. The van der Waals surface area contributed by atoms with Crippen LogP contribution < -0.4 is 5.32 Å². The van der Waals surface area contributed by atoms with Crippen molar-refractivity contribution < 1.29 is 14.3 Å². The van der Waals surface area contributed by atoms with Gasteiger partial charge in [0, 0.05) is 22.8 Å². The monoisotopic (exact) mass is 397 g/mol. The first-order chi connectivity index (χ1) is 12.0. The van der Waals surface area contributed by atoms with E-state index < -0.39 is 18.5 Å². The number of ether oxygens (including phenoxy) is 1. The summed E-state index contributed by atoms with van der Waals surface area (Å²) in [7, 11) is 0. The topological polar surface area (TPSA) is 84.1 Å². The third-order valence-corrected chi connectivity index (χ3v) is 4.10. The second-order valence-electron chi connectivity index (χ2n) is 4.97. The Kier molecular flexibility index (Phi) is 5.13.